The fraction of sp³-hybridized carbons (Fsp3) is 0.0556. The lowest BCUT2D eigenvalue weighted by molar-refractivity contribution is 0.102. The van der Waals surface area contributed by atoms with Crippen LogP contribution < -0.4 is 10.2 Å². The first kappa shape index (κ1) is 14.7. The van der Waals surface area contributed by atoms with E-state index in [1.807, 2.05) is 72.6 Å². The monoisotopic (exact) mass is 304 g/mol. The van der Waals surface area contributed by atoms with Crippen LogP contribution in [0.2, 0.25) is 0 Å². The fourth-order valence-corrected chi connectivity index (χ4v) is 2.10. The van der Waals surface area contributed by atoms with Crippen LogP contribution in [0.15, 0.2) is 73.1 Å². The molecular weight excluding hydrogens is 288 g/mol. The quantitative estimate of drug-likeness (QED) is 0.801. The van der Waals surface area contributed by atoms with E-state index in [-0.39, 0.29) is 5.91 Å². The van der Waals surface area contributed by atoms with Gasteiger partial charge in [0.1, 0.15) is 0 Å². The summed E-state index contributed by atoms with van der Waals surface area (Å²) in [5.41, 5.74) is 2.14. The van der Waals surface area contributed by atoms with Gasteiger partial charge in [0, 0.05) is 30.8 Å². The normalized spacial score (nSPS) is 10.1. The summed E-state index contributed by atoms with van der Waals surface area (Å²) in [7, 11) is 1.88. The number of nitrogens with zero attached hydrogens (tertiary/aromatic N) is 3. The lowest BCUT2D eigenvalue weighted by Crippen LogP contribution is -2.16. The molecule has 2 aromatic carbocycles. The summed E-state index contributed by atoms with van der Waals surface area (Å²) in [5.74, 6) is 0.303. The molecule has 5 heteroatoms. The standard InChI is InChI=1S/C18H16N4O/c1-22(16-10-6-3-7-11-16)18-19-12-14(13-20-18)17(23)21-15-8-4-2-5-9-15/h2-13H,1H3,(H,21,23). The van der Waals surface area contributed by atoms with Crippen LogP contribution in [0.3, 0.4) is 0 Å². The second-order valence-electron chi connectivity index (χ2n) is 4.99. The maximum absolute atomic E-state index is 12.2. The summed E-state index contributed by atoms with van der Waals surface area (Å²) >= 11 is 0. The number of nitrogens with one attached hydrogen (secondary N) is 1. The Kier molecular flexibility index (Phi) is 4.29. The van der Waals surface area contributed by atoms with Crippen molar-refractivity contribution in [3.63, 3.8) is 0 Å². The zero-order chi connectivity index (χ0) is 16.1. The molecule has 0 unspecified atom stereocenters. The van der Waals surface area contributed by atoms with Gasteiger partial charge in [-0.1, -0.05) is 36.4 Å². The van der Waals surface area contributed by atoms with Gasteiger partial charge in [-0.3, -0.25) is 4.79 Å². The van der Waals surface area contributed by atoms with Gasteiger partial charge in [-0.15, -0.1) is 0 Å². The average Bonchev–Trinajstić information content (AvgIpc) is 2.63. The molecule has 0 bridgehead atoms. The molecule has 0 saturated carbocycles. The highest BCUT2D eigenvalue weighted by atomic mass is 16.1. The predicted molar refractivity (Wildman–Crippen MR) is 90.9 cm³/mol. The number of hydrogen-bond acceptors (Lipinski definition) is 4. The molecule has 3 rings (SSSR count). The Morgan fingerprint density at radius 3 is 2.09 bits per heavy atom. The molecule has 114 valence electrons. The van der Waals surface area contributed by atoms with Gasteiger partial charge in [-0.2, -0.15) is 0 Å². The SMILES string of the molecule is CN(c1ccccc1)c1ncc(C(=O)Nc2ccccc2)cn1. The summed E-state index contributed by atoms with van der Waals surface area (Å²) in [6, 6.07) is 19.1. The fourth-order valence-electron chi connectivity index (χ4n) is 2.10. The minimum atomic E-state index is -0.231. The van der Waals surface area contributed by atoms with Gasteiger partial charge in [-0.05, 0) is 24.3 Å². The Hall–Kier alpha value is -3.21. The molecule has 1 N–H and O–H groups in total. The van der Waals surface area contributed by atoms with Crippen molar-refractivity contribution in [2.45, 2.75) is 0 Å². The number of amides is 1. The van der Waals surface area contributed by atoms with Crippen molar-refractivity contribution in [2.75, 3.05) is 17.3 Å². The van der Waals surface area contributed by atoms with E-state index in [2.05, 4.69) is 15.3 Å². The molecule has 1 aromatic heterocycles. The predicted octanol–water partition coefficient (Wildman–Crippen LogP) is 3.50. The number of carbonyl (C=O) groups excluding carboxylic acids is 1. The Morgan fingerprint density at radius 1 is 0.913 bits per heavy atom. The third kappa shape index (κ3) is 3.52. The number of aromatic nitrogens is 2. The van der Waals surface area contributed by atoms with Gasteiger partial charge in [0.25, 0.3) is 5.91 Å². The van der Waals surface area contributed by atoms with Crippen LogP contribution in [-0.2, 0) is 0 Å². The molecule has 0 aliphatic heterocycles. The van der Waals surface area contributed by atoms with Gasteiger partial charge in [0.2, 0.25) is 5.95 Å². The second-order valence-corrected chi connectivity index (χ2v) is 4.99. The molecule has 0 aliphatic carbocycles. The van der Waals surface area contributed by atoms with Crippen molar-refractivity contribution < 1.29 is 4.79 Å². The lowest BCUT2D eigenvalue weighted by atomic mass is 10.3. The first-order valence-electron chi connectivity index (χ1n) is 7.21. The van der Waals surface area contributed by atoms with Crippen LogP contribution in [0, 0.1) is 0 Å². The molecule has 0 fully saturated rings. The third-order valence-electron chi connectivity index (χ3n) is 3.38. The van der Waals surface area contributed by atoms with Gasteiger partial charge < -0.3 is 10.2 Å². The van der Waals surface area contributed by atoms with E-state index >= 15 is 0 Å². The van der Waals surface area contributed by atoms with Crippen LogP contribution in [0.4, 0.5) is 17.3 Å². The molecule has 3 aromatic rings. The van der Waals surface area contributed by atoms with Crippen molar-refractivity contribution in [3.8, 4) is 0 Å². The number of carbonyl (C=O) groups is 1. The van der Waals surface area contributed by atoms with E-state index in [1.54, 1.807) is 0 Å². The summed E-state index contributed by atoms with van der Waals surface area (Å²) < 4.78 is 0. The molecule has 1 heterocycles. The molecule has 0 saturated heterocycles. The van der Waals surface area contributed by atoms with Gasteiger partial charge >= 0.3 is 0 Å². The Morgan fingerprint density at radius 2 is 1.48 bits per heavy atom. The van der Waals surface area contributed by atoms with E-state index in [0.29, 0.717) is 11.5 Å². The lowest BCUT2D eigenvalue weighted by Gasteiger charge is -2.16. The van der Waals surface area contributed by atoms with E-state index in [1.165, 1.54) is 12.4 Å². The molecule has 1 amide bonds. The van der Waals surface area contributed by atoms with Crippen molar-refractivity contribution >= 4 is 23.2 Å². The van der Waals surface area contributed by atoms with Crippen molar-refractivity contribution in [3.05, 3.63) is 78.6 Å². The number of rotatable bonds is 4. The zero-order valence-corrected chi connectivity index (χ0v) is 12.7. The maximum atomic E-state index is 12.2. The molecule has 0 spiro atoms. The van der Waals surface area contributed by atoms with Crippen LogP contribution in [0.25, 0.3) is 0 Å². The highest BCUT2D eigenvalue weighted by Crippen LogP contribution is 2.19. The topological polar surface area (TPSA) is 58.1 Å². The first-order chi connectivity index (χ1) is 11.2. The van der Waals surface area contributed by atoms with Crippen LogP contribution >= 0.6 is 0 Å². The first-order valence-corrected chi connectivity index (χ1v) is 7.21. The minimum Gasteiger partial charge on any atom is -0.322 e. The number of hydrogen-bond donors (Lipinski definition) is 1. The molecule has 23 heavy (non-hydrogen) atoms. The summed E-state index contributed by atoms with van der Waals surface area (Å²) in [6.07, 6.45) is 3.06. The number of benzene rings is 2. The van der Waals surface area contributed by atoms with Crippen molar-refractivity contribution in [1.29, 1.82) is 0 Å². The molecule has 0 atom stereocenters. The molecule has 0 aliphatic rings. The van der Waals surface area contributed by atoms with Crippen molar-refractivity contribution in [2.24, 2.45) is 0 Å². The largest absolute Gasteiger partial charge is 0.322 e. The van der Waals surface area contributed by atoms with Crippen LogP contribution in [-0.4, -0.2) is 22.9 Å². The van der Waals surface area contributed by atoms with E-state index < -0.39 is 0 Å². The third-order valence-corrected chi connectivity index (χ3v) is 3.38. The maximum Gasteiger partial charge on any atom is 0.258 e. The van der Waals surface area contributed by atoms with Gasteiger partial charge in [-0.25, -0.2) is 9.97 Å². The van der Waals surface area contributed by atoms with Gasteiger partial charge in [0.05, 0.1) is 5.56 Å². The van der Waals surface area contributed by atoms with Crippen molar-refractivity contribution in [1.82, 2.24) is 9.97 Å². The second kappa shape index (κ2) is 6.70. The molecule has 0 radical (unpaired) electrons. The van der Waals surface area contributed by atoms with Gasteiger partial charge in [0.15, 0.2) is 0 Å². The van der Waals surface area contributed by atoms with E-state index in [0.717, 1.165) is 11.4 Å². The Balaban J connectivity index is 1.73. The minimum absolute atomic E-state index is 0.231. The Labute approximate surface area is 134 Å². The molecule has 5 nitrogen and oxygen atoms in total. The summed E-state index contributed by atoms with van der Waals surface area (Å²) in [6.45, 7) is 0. The van der Waals surface area contributed by atoms with Crippen LogP contribution in [0.1, 0.15) is 10.4 Å². The van der Waals surface area contributed by atoms with Crippen LogP contribution in [0.5, 0.6) is 0 Å². The summed E-state index contributed by atoms with van der Waals surface area (Å²) in [4.78, 5) is 22.6. The van der Waals surface area contributed by atoms with E-state index in [4.69, 9.17) is 0 Å². The smallest absolute Gasteiger partial charge is 0.258 e. The molecular formula is C18H16N4O. The average molecular weight is 304 g/mol. The Bertz CT molecular complexity index is 773. The highest BCUT2D eigenvalue weighted by molar-refractivity contribution is 6.03. The zero-order valence-electron chi connectivity index (χ0n) is 12.7. The van der Waals surface area contributed by atoms with E-state index in [9.17, 15) is 4.79 Å². The number of para-hydroxylation sites is 2. The number of anilines is 3. The summed E-state index contributed by atoms with van der Waals surface area (Å²) in [5, 5.41) is 2.81. The highest BCUT2D eigenvalue weighted by Gasteiger charge is 2.10.